The molecule has 1 fully saturated rings. The van der Waals surface area contributed by atoms with Gasteiger partial charge in [-0.3, -0.25) is 4.98 Å². The van der Waals surface area contributed by atoms with E-state index in [4.69, 9.17) is 4.52 Å². The van der Waals surface area contributed by atoms with Crippen LogP contribution in [0.5, 0.6) is 0 Å². The molecule has 1 aliphatic rings. The zero-order valence-electron chi connectivity index (χ0n) is 12.0. The van der Waals surface area contributed by atoms with Gasteiger partial charge in [0.25, 0.3) is 0 Å². The average Bonchev–Trinajstić information content (AvgIpc) is 2.87. The minimum absolute atomic E-state index is 0.140. The van der Waals surface area contributed by atoms with Gasteiger partial charge in [0, 0.05) is 11.9 Å². The topological polar surface area (TPSA) is 63.8 Å². The smallest absolute Gasteiger partial charge is 0.244 e. The SMILES string of the molecule is CC1(C)CCCNC1c1nc(Cc2ccccn2)no1. The lowest BCUT2D eigenvalue weighted by atomic mass is 9.77. The summed E-state index contributed by atoms with van der Waals surface area (Å²) in [6.45, 7) is 5.49. The number of aromatic nitrogens is 3. The monoisotopic (exact) mass is 272 g/mol. The maximum absolute atomic E-state index is 5.46. The highest BCUT2D eigenvalue weighted by molar-refractivity contribution is 5.10. The summed E-state index contributed by atoms with van der Waals surface area (Å²) in [5, 5.41) is 7.58. The molecule has 3 heterocycles. The molecular weight excluding hydrogens is 252 g/mol. The van der Waals surface area contributed by atoms with Crippen LogP contribution in [0.4, 0.5) is 0 Å². The second-order valence-corrected chi connectivity index (χ2v) is 6.03. The molecule has 0 aliphatic carbocycles. The third-order valence-electron chi connectivity index (χ3n) is 3.92. The van der Waals surface area contributed by atoms with Crippen molar-refractivity contribution in [2.75, 3.05) is 6.54 Å². The van der Waals surface area contributed by atoms with Crippen LogP contribution < -0.4 is 5.32 Å². The predicted octanol–water partition coefficient (Wildman–Crippen LogP) is 2.51. The van der Waals surface area contributed by atoms with Gasteiger partial charge in [-0.05, 0) is 36.9 Å². The Morgan fingerprint density at radius 3 is 3.05 bits per heavy atom. The molecule has 3 rings (SSSR count). The third-order valence-corrected chi connectivity index (χ3v) is 3.92. The van der Waals surface area contributed by atoms with E-state index in [0.29, 0.717) is 18.1 Å². The van der Waals surface area contributed by atoms with E-state index in [1.54, 1.807) is 6.20 Å². The largest absolute Gasteiger partial charge is 0.338 e. The van der Waals surface area contributed by atoms with E-state index in [-0.39, 0.29) is 11.5 Å². The van der Waals surface area contributed by atoms with Crippen LogP contribution in [0.1, 0.15) is 50.1 Å². The van der Waals surface area contributed by atoms with Crippen LogP contribution in [0.15, 0.2) is 28.9 Å². The Morgan fingerprint density at radius 2 is 2.30 bits per heavy atom. The van der Waals surface area contributed by atoms with Crippen molar-refractivity contribution < 1.29 is 4.52 Å². The zero-order chi connectivity index (χ0) is 14.0. The lowest BCUT2D eigenvalue weighted by molar-refractivity contribution is 0.146. The summed E-state index contributed by atoms with van der Waals surface area (Å²) >= 11 is 0. The molecule has 0 bridgehead atoms. The predicted molar refractivity (Wildman–Crippen MR) is 75.1 cm³/mol. The summed E-state index contributed by atoms with van der Waals surface area (Å²) in [7, 11) is 0. The van der Waals surface area contributed by atoms with Crippen molar-refractivity contribution in [1.29, 1.82) is 0 Å². The molecule has 1 aliphatic heterocycles. The summed E-state index contributed by atoms with van der Waals surface area (Å²) < 4.78 is 5.46. The number of hydrogen-bond donors (Lipinski definition) is 1. The lowest BCUT2D eigenvalue weighted by Gasteiger charge is -2.36. The van der Waals surface area contributed by atoms with E-state index in [9.17, 15) is 0 Å². The van der Waals surface area contributed by atoms with E-state index >= 15 is 0 Å². The number of pyridine rings is 1. The lowest BCUT2D eigenvalue weighted by Crippen LogP contribution is -2.39. The quantitative estimate of drug-likeness (QED) is 0.930. The zero-order valence-corrected chi connectivity index (χ0v) is 12.0. The molecule has 1 N–H and O–H groups in total. The maximum atomic E-state index is 5.46. The van der Waals surface area contributed by atoms with Gasteiger partial charge in [0.05, 0.1) is 12.5 Å². The van der Waals surface area contributed by atoms with Crippen molar-refractivity contribution in [3.05, 3.63) is 41.8 Å². The highest BCUT2D eigenvalue weighted by atomic mass is 16.5. The molecule has 5 nitrogen and oxygen atoms in total. The van der Waals surface area contributed by atoms with E-state index in [0.717, 1.165) is 12.2 Å². The van der Waals surface area contributed by atoms with Crippen LogP contribution >= 0.6 is 0 Å². The maximum Gasteiger partial charge on any atom is 0.244 e. The molecule has 1 unspecified atom stereocenters. The molecule has 0 amide bonds. The second-order valence-electron chi connectivity index (χ2n) is 6.03. The second kappa shape index (κ2) is 5.32. The van der Waals surface area contributed by atoms with Crippen molar-refractivity contribution in [3.63, 3.8) is 0 Å². The first-order chi connectivity index (χ1) is 9.65. The average molecular weight is 272 g/mol. The fourth-order valence-corrected chi connectivity index (χ4v) is 2.75. The molecule has 5 heteroatoms. The summed E-state index contributed by atoms with van der Waals surface area (Å²) in [6.07, 6.45) is 4.75. The summed E-state index contributed by atoms with van der Waals surface area (Å²) in [6, 6.07) is 5.98. The fraction of sp³-hybridized carbons (Fsp3) is 0.533. The van der Waals surface area contributed by atoms with E-state index in [1.165, 1.54) is 12.8 Å². The van der Waals surface area contributed by atoms with Gasteiger partial charge in [0.2, 0.25) is 5.89 Å². The Kier molecular flexibility index (Phi) is 3.53. The number of nitrogens with one attached hydrogen (secondary N) is 1. The van der Waals surface area contributed by atoms with Crippen molar-refractivity contribution >= 4 is 0 Å². The summed E-state index contributed by atoms with van der Waals surface area (Å²) in [5.74, 6) is 1.39. The molecular formula is C15H20N4O. The fourth-order valence-electron chi connectivity index (χ4n) is 2.75. The normalized spacial score (nSPS) is 21.8. The molecule has 106 valence electrons. The van der Waals surface area contributed by atoms with Gasteiger partial charge < -0.3 is 9.84 Å². The van der Waals surface area contributed by atoms with Crippen LogP contribution in [-0.2, 0) is 6.42 Å². The molecule has 1 saturated heterocycles. The van der Waals surface area contributed by atoms with Gasteiger partial charge in [0.1, 0.15) is 0 Å². The number of nitrogens with zero attached hydrogens (tertiary/aromatic N) is 3. The van der Waals surface area contributed by atoms with Crippen molar-refractivity contribution in [3.8, 4) is 0 Å². The van der Waals surface area contributed by atoms with Crippen LogP contribution in [0.3, 0.4) is 0 Å². The van der Waals surface area contributed by atoms with Crippen LogP contribution in [0.2, 0.25) is 0 Å². The molecule has 0 saturated carbocycles. The van der Waals surface area contributed by atoms with Crippen molar-refractivity contribution in [2.24, 2.45) is 5.41 Å². The first-order valence-electron chi connectivity index (χ1n) is 7.11. The standard InChI is InChI=1S/C15H20N4O/c1-15(2)7-5-9-17-13(15)14-18-12(19-20-14)10-11-6-3-4-8-16-11/h3-4,6,8,13,17H,5,7,9-10H2,1-2H3. The van der Waals surface area contributed by atoms with Gasteiger partial charge in [-0.2, -0.15) is 4.98 Å². The summed E-state index contributed by atoms with van der Waals surface area (Å²) in [5.41, 5.74) is 1.10. The highest BCUT2D eigenvalue weighted by Gasteiger charge is 2.36. The Bertz CT molecular complexity index is 564. The minimum atomic E-state index is 0.140. The third kappa shape index (κ3) is 2.72. The van der Waals surface area contributed by atoms with Gasteiger partial charge in [-0.15, -0.1) is 0 Å². The molecule has 0 aromatic carbocycles. The Hall–Kier alpha value is -1.75. The van der Waals surface area contributed by atoms with Gasteiger partial charge in [-0.25, -0.2) is 0 Å². The van der Waals surface area contributed by atoms with Crippen molar-refractivity contribution in [2.45, 2.75) is 39.2 Å². The number of hydrogen-bond acceptors (Lipinski definition) is 5. The number of rotatable bonds is 3. The number of piperidine rings is 1. The molecule has 1 atom stereocenters. The highest BCUT2D eigenvalue weighted by Crippen LogP contribution is 2.39. The minimum Gasteiger partial charge on any atom is -0.338 e. The molecule has 20 heavy (non-hydrogen) atoms. The molecule has 2 aromatic rings. The van der Waals surface area contributed by atoms with Crippen LogP contribution in [-0.4, -0.2) is 21.7 Å². The van der Waals surface area contributed by atoms with Gasteiger partial charge in [-0.1, -0.05) is 25.1 Å². The Balaban J connectivity index is 1.76. The molecule has 0 spiro atoms. The van der Waals surface area contributed by atoms with E-state index in [1.807, 2.05) is 18.2 Å². The van der Waals surface area contributed by atoms with Crippen LogP contribution in [0.25, 0.3) is 0 Å². The van der Waals surface area contributed by atoms with Crippen molar-refractivity contribution in [1.82, 2.24) is 20.4 Å². The first kappa shape index (κ1) is 13.2. The first-order valence-corrected chi connectivity index (χ1v) is 7.11. The Labute approximate surface area is 118 Å². The van der Waals surface area contributed by atoms with E-state index < -0.39 is 0 Å². The summed E-state index contributed by atoms with van der Waals surface area (Å²) in [4.78, 5) is 8.83. The van der Waals surface area contributed by atoms with Crippen LogP contribution in [0, 0.1) is 5.41 Å². The van der Waals surface area contributed by atoms with Gasteiger partial charge in [0.15, 0.2) is 5.82 Å². The van der Waals surface area contributed by atoms with E-state index in [2.05, 4.69) is 34.3 Å². The Morgan fingerprint density at radius 1 is 1.40 bits per heavy atom. The molecule has 0 radical (unpaired) electrons. The van der Waals surface area contributed by atoms with Gasteiger partial charge >= 0.3 is 0 Å². The molecule has 2 aromatic heterocycles.